The van der Waals surface area contributed by atoms with Gasteiger partial charge in [-0.15, -0.1) is 11.6 Å². The van der Waals surface area contributed by atoms with Gasteiger partial charge >= 0.3 is 0 Å². The largest absolute Gasteiger partial charge is 0.381 e. The van der Waals surface area contributed by atoms with Crippen molar-refractivity contribution in [3.05, 3.63) is 0 Å². The van der Waals surface area contributed by atoms with Gasteiger partial charge < -0.3 is 4.74 Å². The van der Waals surface area contributed by atoms with Crippen LogP contribution in [-0.4, -0.2) is 50.4 Å². The van der Waals surface area contributed by atoms with Gasteiger partial charge in [0.15, 0.2) is 0 Å². The Morgan fingerprint density at radius 3 is 2.42 bits per heavy atom. The zero-order valence-corrected chi connectivity index (χ0v) is 13.0. The number of nitrogens with zero attached hydrogens (tertiary/aromatic N) is 1. The number of piperidine rings is 1. The van der Waals surface area contributed by atoms with Gasteiger partial charge in [0.2, 0.25) is 0 Å². The Balaban J connectivity index is 2.03. The molecular formula is C12H23ClN2O3S. The molecule has 0 amide bonds. The Labute approximate surface area is 120 Å². The highest BCUT2D eigenvalue weighted by Crippen LogP contribution is 2.25. The molecule has 2 saturated heterocycles. The minimum Gasteiger partial charge on any atom is -0.381 e. The third-order valence-corrected chi connectivity index (χ3v) is 6.38. The van der Waals surface area contributed by atoms with E-state index in [0.29, 0.717) is 50.9 Å². The van der Waals surface area contributed by atoms with Crippen molar-refractivity contribution in [3.8, 4) is 0 Å². The van der Waals surface area contributed by atoms with Crippen molar-refractivity contribution in [2.24, 2.45) is 5.92 Å². The molecule has 5 nitrogen and oxygen atoms in total. The van der Waals surface area contributed by atoms with Crippen molar-refractivity contribution < 1.29 is 13.2 Å². The molecule has 0 spiro atoms. The lowest BCUT2D eigenvalue weighted by Gasteiger charge is -2.38. The van der Waals surface area contributed by atoms with Gasteiger partial charge in [0.1, 0.15) is 0 Å². The van der Waals surface area contributed by atoms with E-state index in [1.807, 2.05) is 0 Å². The van der Waals surface area contributed by atoms with Crippen LogP contribution in [0.5, 0.6) is 0 Å². The van der Waals surface area contributed by atoms with Gasteiger partial charge in [0, 0.05) is 32.2 Å². The molecule has 0 aromatic rings. The fourth-order valence-electron chi connectivity index (χ4n) is 2.59. The quantitative estimate of drug-likeness (QED) is 0.797. The molecule has 0 aromatic carbocycles. The summed E-state index contributed by atoms with van der Waals surface area (Å²) >= 11 is 6.00. The number of rotatable bonds is 4. The van der Waals surface area contributed by atoms with E-state index in [9.17, 15) is 8.42 Å². The molecule has 2 heterocycles. The van der Waals surface area contributed by atoms with Gasteiger partial charge in [0.05, 0.1) is 5.54 Å². The van der Waals surface area contributed by atoms with Crippen molar-refractivity contribution in [1.82, 2.24) is 9.03 Å². The van der Waals surface area contributed by atoms with Crippen molar-refractivity contribution in [3.63, 3.8) is 0 Å². The Hall–Kier alpha value is 0.120. The highest BCUT2D eigenvalue weighted by molar-refractivity contribution is 7.87. The summed E-state index contributed by atoms with van der Waals surface area (Å²) in [4.78, 5) is 0. The first-order valence-corrected chi connectivity index (χ1v) is 8.88. The van der Waals surface area contributed by atoms with E-state index < -0.39 is 15.7 Å². The maximum absolute atomic E-state index is 12.4. The van der Waals surface area contributed by atoms with Crippen LogP contribution in [0, 0.1) is 5.92 Å². The number of alkyl halides is 1. The Morgan fingerprint density at radius 2 is 1.89 bits per heavy atom. The van der Waals surface area contributed by atoms with E-state index >= 15 is 0 Å². The lowest BCUT2D eigenvalue weighted by atomic mass is 9.94. The average molecular weight is 311 g/mol. The molecule has 0 aromatic heterocycles. The lowest BCUT2D eigenvalue weighted by Crippen LogP contribution is -2.57. The van der Waals surface area contributed by atoms with E-state index in [0.717, 1.165) is 12.8 Å². The summed E-state index contributed by atoms with van der Waals surface area (Å²) in [6.07, 6.45) is 3.13. The van der Waals surface area contributed by atoms with Gasteiger partial charge in [-0.3, -0.25) is 0 Å². The molecule has 0 atom stereocenters. The van der Waals surface area contributed by atoms with Crippen molar-refractivity contribution in [1.29, 1.82) is 0 Å². The number of ether oxygens (including phenoxy) is 1. The molecule has 1 N–H and O–H groups in total. The van der Waals surface area contributed by atoms with E-state index in [1.165, 1.54) is 0 Å². The summed E-state index contributed by atoms with van der Waals surface area (Å²) < 4.78 is 34.6. The summed E-state index contributed by atoms with van der Waals surface area (Å²) in [5, 5.41) is 0. The fourth-order valence-corrected chi connectivity index (χ4v) is 4.65. The normalized spacial score (nSPS) is 26.4. The maximum atomic E-state index is 12.4. The van der Waals surface area contributed by atoms with Crippen LogP contribution in [0.15, 0.2) is 0 Å². The molecule has 0 unspecified atom stereocenters. The summed E-state index contributed by atoms with van der Waals surface area (Å²) in [7, 11) is -3.43. The topological polar surface area (TPSA) is 58.6 Å². The number of hydrogen-bond donors (Lipinski definition) is 1. The van der Waals surface area contributed by atoms with E-state index in [1.54, 1.807) is 4.31 Å². The highest BCUT2D eigenvalue weighted by Gasteiger charge is 2.38. The SMILES string of the molecule is CC1CCN(S(=O)(=O)NC2(CCl)CCOCC2)CC1. The monoisotopic (exact) mass is 310 g/mol. The van der Waals surface area contributed by atoms with Crippen molar-refractivity contribution in [2.75, 3.05) is 32.2 Å². The molecule has 2 rings (SSSR count). The van der Waals surface area contributed by atoms with Crippen LogP contribution in [0.3, 0.4) is 0 Å². The predicted molar refractivity (Wildman–Crippen MR) is 75.5 cm³/mol. The highest BCUT2D eigenvalue weighted by atomic mass is 35.5. The molecule has 0 saturated carbocycles. The zero-order valence-electron chi connectivity index (χ0n) is 11.4. The van der Waals surface area contributed by atoms with Crippen LogP contribution in [0.4, 0.5) is 0 Å². The van der Waals surface area contributed by atoms with Crippen molar-refractivity contribution in [2.45, 2.75) is 38.1 Å². The fraction of sp³-hybridized carbons (Fsp3) is 1.00. The number of nitrogens with one attached hydrogen (secondary N) is 1. The Morgan fingerprint density at radius 1 is 1.32 bits per heavy atom. The number of halogens is 1. The summed E-state index contributed by atoms with van der Waals surface area (Å²) in [6.45, 7) is 4.49. The van der Waals surface area contributed by atoms with Gasteiger partial charge in [-0.2, -0.15) is 17.4 Å². The lowest BCUT2D eigenvalue weighted by molar-refractivity contribution is 0.0541. The third kappa shape index (κ3) is 3.82. The molecule has 0 bridgehead atoms. The molecule has 7 heteroatoms. The Bertz CT molecular complexity index is 388. The van der Waals surface area contributed by atoms with E-state index in [2.05, 4.69) is 11.6 Å². The summed E-state index contributed by atoms with van der Waals surface area (Å²) in [5.74, 6) is 0.899. The Kier molecular flexibility index (Phi) is 5.11. The average Bonchev–Trinajstić information content (AvgIpc) is 2.40. The second-order valence-corrected chi connectivity index (χ2v) is 7.65. The van der Waals surface area contributed by atoms with Gasteiger partial charge in [-0.05, 0) is 31.6 Å². The molecule has 0 aliphatic carbocycles. The molecular weight excluding hydrogens is 288 g/mol. The van der Waals surface area contributed by atoms with E-state index in [4.69, 9.17) is 16.3 Å². The molecule has 2 aliphatic rings. The van der Waals surface area contributed by atoms with Crippen molar-refractivity contribution >= 4 is 21.8 Å². The van der Waals surface area contributed by atoms with Crippen LogP contribution >= 0.6 is 11.6 Å². The summed E-state index contributed by atoms with van der Waals surface area (Å²) in [5.41, 5.74) is -0.540. The van der Waals surface area contributed by atoms with Crippen LogP contribution in [0.25, 0.3) is 0 Å². The maximum Gasteiger partial charge on any atom is 0.279 e. The van der Waals surface area contributed by atoms with Crippen LogP contribution in [0.1, 0.15) is 32.6 Å². The number of hydrogen-bond acceptors (Lipinski definition) is 3. The molecule has 112 valence electrons. The first kappa shape index (κ1) is 15.5. The second kappa shape index (κ2) is 6.26. The van der Waals surface area contributed by atoms with E-state index in [-0.39, 0.29) is 0 Å². The molecule has 19 heavy (non-hydrogen) atoms. The van der Waals surface area contributed by atoms with Crippen LogP contribution in [0.2, 0.25) is 0 Å². The molecule has 2 aliphatic heterocycles. The smallest absolute Gasteiger partial charge is 0.279 e. The summed E-state index contributed by atoms with van der Waals surface area (Å²) in [6, 6.07) is 0. The molecule has 0 radical (unpaired) electrons. The molecule has 2 fully saturated rings. The standard InChI is InChI=1S/C12H23ClN2O3S/c1-11-2-6-15(7-3-11)19(16,17)14-12(10-13)4-8-18-9-5-12/h11,14H,2-10H2,1H3. The zero-order chi connectivity index (χ0) is 13.9. The van der Waals surface area contributed by atoms with Gasteiger partial charge in [-0.25, -0.2) is 0 Å². The minimum atomic E-state index is -3.43. The second-order valence-electron chi connectivity index (χ2n) is 5.72. The first-order chi connectivity index (χ1) is 8.97. The third-order valence-electron chi connectivity index (χ3n) is 4.13. The van der Waals surface area contributed by atoms with Crippen LogP contribution in [-0.2, 0) is 14.9 Å². The predicted octanol–water partition coefficient (Wildman–Crippen LogP) is 1.34. The minimum absolute atomic E-state index is 0.292. The van der Waals surface area contributed by atoms with Crippen LogP contribution < -0.4 is 4.72 Å². The first-order valence-electron chi connectivity index (χ1n) is 6.90. The van der Waals surface area contributed by atoms with Gasteiger partial charge in [-0.1, -0.05) is 6.92 Å². The van der Waals surface area contributed by atoms with Gasteiger partial charge in [0.25, 0.3) is 10.2 Å².